The number of rotatable bonds is 5. The maximum atomic E-state index is 11.0. The number of aromatic carboxylic acids is 1. The number of aromatic nitrogens is 1. The molecule has 2 aromatic rings. The van der Waals surface area contributed by atoms with Crippen molar-refractivity contribution in [3.8, 4) is 0 Å². The topological polar surface area (TPSA) is 59.4 Å². The first-order valence-corrected chi connectivity index (χ1v) is 6.02. The number of carboxylic acids is 1. The zero-order valence-corrected chi connectivity index (χ0v) is 10.6. The van der Waals surface area contributed by atoms with Gasteiger partial charge in [0.2, 0.25) is 0 Å². The van der Waals surface area contributed by atoms with Crippen LogP contribution in [0.4, 0.5) is 0 Å². The summed E-state index contributed by atoms with van der Waals surface area (Å²) in [5, 5.41) is 9.05. The fourth-order valence-corrected chi connectivity index (χ4v) is 1.77. The molecule has 1 aromatic carbocycles. The molecule has 1 N–H and O–H groups in total. The van der Waals surface area contributed by atoms with Gasteiger partial charge in [0.05, 0.1) is 24.0 Å². The normalized spacial score (nSPS) is 12.1. The van der Waals surface area contributed by atoms with E-state index in [1.54, 1.807) is 12.3 Å². The smallest absolute Gasteiger partial charge is 0.337 e. The Kier molecular flexibility index (Phi) is 4.26. The zero-order valence-electron chi connectivity index (χ0n) is 10.6. The van der Waals surface area contributed by atoms with Crippen molar-refractivity contribution in [2.45, 2.75) is 19.6 Å². The molecule has 0 fully saturated rings. The van der Waals surface area contributed by atoms with E-state index in [9.17, 15) is 4.79 Å². The van der Waals surface area contributed by atoms with Crippen molar-refractivity contribution in [3.63, 3.8) is 0 Å². The molecule has 0 radical (unpaired) electrons. The van der Waals surface area contributed by atoms with Crippen LogP contribution in [0.3, 0.4) is 0 Å². The third-order valence-corrected chi connectivity index (χ3v) is 2.86. The van der Waals surface area contributed by atoms with Gasteiger partial charge in [-0.25, -0.2) is 4.79 Å². The number of carbonyl (C=O) groups is 1. The van der Waals surface area contributed by atoms with Gasteiger partial charge in [-0.05, 0) is 24.6 Å². The van der Waals surface area contributed by atoms with Gasteiger partial charge in [-0.1, -0.05) is 30.3 Å². The fourth-order valence-electron chi connectivity index (χ4n) is 1.77. The van der Waals surface area contributed by atoms with Gasteiger partial charge in [0.25, 0.3) is 0 Å². The number of hydrogen-bond donors (Lipinski definition) is 1. The lowest BCUT2D eigenvalue weighted by Crippen LogP contribution is -2.08. The van der Waals surface area contributed by atoms with Crippen LogP contribution in [-0.2, 0) is 11.3 Å². The first-order valence-electron chi connectivity index (χ1n) is 6.02. The molecule has 1 heterocycles. The van der Waals surface area contributed by atoms with Crippen molar-refractivity contribution in [2.24, 2.45) is 0 Å². The highest BCUT2D eigenvalue weighted by Crippen LogP contribution is 2.18. The standard InChI is InChI=1S/C15H15NO3/c1-11(12-6-3-2-4-7-12)19-10-14-13(15(17)18)8-5-9-16-14/h2-9,11H,10H2,1H3,(H,17,18). The Bertz CT molecular complexity index is 554. The molecule has 1 unspecified atom stereocenters. The number of nitrogens with zero attached hydrogens (tertiary/aromatic N) is 1. The van der Waals surface area contributed by atoms with Crippen LogP contribution in [0.15, 0.2) is 48.7 Å². The summed E-state index contributed by atoms with van der Waals surface area (Å²) in [7, 11) is 0. The highest BCUT2D eigenvalue weighted by atomic mass is 16.5. The van der Waals surface area contributed by atoms with Crippen molar-refractivity contribution in [3.05, 3.63) is 65.5 Å². The van der Waals surface area contributed by atoms with E-state index in [4.69, 9.17) is 9.84 Å². The molecule has 0 bridgehead atoms. The van der Waals surface area contributed by atoms with E-state index in [0.29, 0.717) is 5.69 Å². The molecular formula is C15H15NO3. The molecule has 0 amide bonds. The van der Waals surface area contributed by atoms with Crippen molar-refractivity contribution in [2.75, 3.05) is 0 Å². The minimum absolute atomic E-state index is 0.107. The van der Waals surface area contributed by atoms with Crippen LogP contribution in [0.1, 0.15) is 34.6 Å². The van der Waals surface area contributed by atoms with E-state index in [1.165, 1.54) is 6.07 Å². The molecule has 0 saturated heterocycles. The van der Waals surface area contributed by atoms with Crippen molar-refractivity contribution < 1.29 is 14.6 Å². The summed E-state index contributed by atoms with van der Waals surface area (Å²) in [5.41, 5.74) is 1.68. The van der Waals surface area contributed by atoms with Crippen molar-refractivity contribution in [1.82, 2.24) is 4.98 Å². The van der Waals surface area contributed by atoms with E-state index in [1.807, 2.05) is 37.3 Å². The number of carboxylic acid groups (broad SMARTS) is 1. The Morgan fingerprint density at radius 3 is 2.68 bits per heavy atom. The summed E-state index contributed by atoms with van der Waals surface area (Å²) in [4.78, 5) is 15.1. The second kappa shape index (κ2) is 6.11. The third-order valence-electron chi connectivity index (χ3n) is 2.86. The summed E-state index contributed by atoms with van der Waals surface area (Å²) in [6.07, 6.45) is 1.46. The van der Waals surface area contributed by atoms with Gasteiger partial charge < -0.3 is 9.84 Å². The monoisotopic (exact) mass is 257 g/mol. The molecule has 4 nitrogen and oxygen atoms in total. The molecular weight excluding hydrogens is 242 g/mol. The fraction of sp³-hybridized carbons (Fsp3) is 0.200. The Labute approximate surface area is 111 Å². The first-order chi connectivity index (χ1) is 9.18. The van der Waals surface area contributed by atoms with E-state index in [2.05, 4.69) is 4.98 Å². The highest BCUT2D eigenvalue weighted by Gasteiger charge is 2.12. The lowest BCUT2D eigenvalue weighted by Gasteiger charge is -2.13. The Morgan fingerprint density at radius 1 is 1.26 bits per heavy atom. The molecule has 1 aromatic heterocycles. The summed E-state index contributed by atoms with van der Waals surface area (Å²) in [6, 6.07) is 12.9. The maximum absolute atomic E-state index is 11.0. The number of ether oxygens (including phenoxy) is 1. The Balaban J connectivity index is 2.05. The molecule has 0 saturated carbocycles. The van der Waals surface area contributed by atoms with Crippen LogP contribution in [0, 0.1) is 0 Å². The van der Waals surface area contributed by atoms with Gasteiger partial charge in [-0.15, -0.1) is 0 Å². The Morgan fingerprint density at radius 2 is 2.00 bits per heavy atom. The maximum Gasteiger partial charge on any atom is 0.337 e. The summed E-state index contributed by atoms with van der Waals surface area (Å²) in [6.45, 7) is 2.11. The van der Waals surface area contributed by atoms with Crippen LogP contribution >= 0.6 is 0 Å². The van der Waals surface area contributed by atoms with E-state index in [-0.39, 0.29) is 18.3 Å². The molecule has 0 aliphatic carbocycles. The van der Waals surface area contributed by atoms with E-state index in [0.717, 1.165) is 5.56 Å². The summed E-state index contributed by atoms with van der Waals surface area (Å²) >= 11 is 0. The van der Waals surface area contributed by atoms with E-state index >= 15 is 0 Å². The first kappa shape index (κ1) is 13.2. The van der Waals surface area contributed by atoms with Crippen LogP contribution in [-0.4, -0.2) is 16.1 Å². The Hall–Kier alpha value is -2.20. The largest absolute Gasteiger partial charge is 0.478 e. The molecule has 4 heteroatoms. The lowest BCUT2D eigenvalue weighted by atomic mass is 10.1. The second-order valence-electron chi connectivity index (χ2n) is 4.17. The van der Waals surface area contributed by atoms with Gasteiger partial charge >= 0.3 is 5.97 Å². The highest BCUT2D eigenvalue weighted by molar-refractivity contribution is 5.88. The molecule has 0 spiro atoms. The predicted molar refractivity (Wildman–Crippen MR) is 70.8 cm³/mol. The minimum atomic E-state index is -0.987. The second-order valence-corrected chi connectivity index (χ2v) is 4.17. The van der Waals surface area contributed by atoms with Crippen LogP contribution in [0.5, 0.6) is 0 Å². The third kappa shape index (κ3) is 3.39. The average molecular weight is 257 g/mol. The minimum Gasteiger partial charge on any atom is -0.478 e. The zero-order chi connectivity index (χ0) is 13.7. The van der Waals surface area contributed by atoms with Gasteiger partial charge in [0.1, 0.15) is 0 Å². The number of benzene rings is 1. The predicted octanol–water partition coefficient (Wildman–Crippen LogP) is 3.06. The SMILES string of the molecule is CC(OCc1ncccc1C(=O)O)c1ccccc1. The average Bonchev–Trinajstić information content (AvgIpc) is 2.46. The molecule has 98 valence electrons. The van der Waals surface area contributed by atoms with Crippen LogP contribution in [0.2, 0.25) is 0 Å². The molecule has 2 rings (SSSR count). The van der Waals surface area contributed by atoms with Crippen LogP contribution < -0.4 is 0 Å². The van der Waals surface area contributed by atoms with Gasteiger partial charge in [-0.3, -0.25) is 4.98 Å². The molecule has 1 atom stereocenters. The molecule has 19 heavy (non-hydrogen) atoms. The molecule has 0 aliphatic heterocycles. The quantitative estimate of drug-likeness (QED) is 0.894. The van der Waals surface area contributed by atoms with Gasteiger partial charge in [-0.2, -0.15) is 0 Å². The number of pyridine rings is 1. The van der Waals surface area contributed by atoms with Gasteiger partial charge in [0.15, 0.2) is 0 Å². The van der Waals surface area contributed by atoms with Gasteiger partial charge in [0, 0.05) is 6.20 Å². The summed E-state index contributed by atoms with van der Waals surface area (Å²) in [5.74, 6) is -0.987. The molecule has 0 aliphatic rings. The summed E-state index contributed by atoms with van der Waals surface area (Å²) < 4.78 is 5.68. The van der Waals surface area contributed by atoms with Crippen molar-refractivity contribution >= 4 is 5.97 Å². The lowest BCUT2D eigenvalue weighted by molar-refractivity contribution is 0.0483. The van der Waals surface area contributed by atoms with E-state index < -0.39 is 5.97 Å². The van der Waals surface area contributed by atoms with Crippen molar-refractivity contribution in [1.29, 1.82) is 0 Å². The van der Waals surface area contributed by atoms with Crippen LogP contribution in [0.25, 0.3) is 0 Å². The number of hydrogen-bond acceptors (Lipinski definition) is 3.